The van der Waals surface area contributed by atoms with E-state index in [1.807, 2.05) is 0 Å². The standard InChI is InChI=1S/C6H10F3NO4S/c1-4(11)2-14-3-15(12,13)10-6(9)5(7)8/h5-6,10H,2-3H2,1H3. The van der Waals surface area contributed by atoms with Crippen molar-refractivity contribution in [3.05, 3.63) is 0 Å². The maximum atomic E-state index is 12.2. The number of hydrogen-bond acceptors (Lipinski definition) is 4. The first-order valence-electron chi connectivity index (χ1n) is 3.74. The third-order valence-corrected chi connectivity index (χ3v) is 2.12. The zero-order valence-electron chi connectivity index (χ0n) is 7.74. The molecule has 1 atom stereocenters. The predicted octanol–water partition coefficient (Wildman–Crippen LogP) is 0.0296. The Morgan fingerprint density at radius 2 is 1.93 bits per heavy atom. The fraction of sp³-hybridized carbons (Fsp3) is 0.833. The fourth-order valence-electron chi connectivity index (χ4n) is 0.552. The summed E-state index contributed by atoms with van der Waals surface area (Å²) in [5.41, 5.74) is 0. The summed E-state index contributed by atoms with van der Waals surface area (Å²) in [6.45, 7) is 0.670. The molecule has 0 aliphatic heterocycles. The van der Waals surface area contributed by atoms with Crippen LogP contribution in [-0.2, 0) is 19.6 Å². The molecule has 5 nitrogen and oxygen atoms in total. The number of carbonyl (C=O) groups is 1. The van der Waals surface area contributed by atoms with Gasteiger partial charge in [0.2, 0.25) is 16.3 Å². The van der Waals surface area contributed by atoms with Crippen molar-refractivity contribution in [2.75, 3.05) is 12.5 Å². The Bertz CT molecular complexity index is 305. The summed E-state index contributed by atoms with van der Waals surface area (Å²) >= 11 is 0. The summed E-state index contributed by atoms with van der Waals surface area (Å²) in [5.74, 6) is -1.48. The van der Waals surface area contributed by atoms with E-state index in [-0.39, 0.29) is 0 Å². The predicted molar refractivity (Wildman–Crippen MR) is 44.5 cm³/mol. The largest absolute Gasteiger partial charge is 0.356 e. The highest BCUT2D eigenvalue weighted by molar-refractivity contribution is 7.89. The molecule has 0 aliphatic carbocycles. The van der Waals surface area contributed by atoms with Gasteiger partial charge in [-0.3, -0.25) is 4.79 Å². The molecule has 90 valence electrons. The molecule has 9 heteroatoms. The van der Waals surface area contributed by atoms with E-state index in [2.05, 4.69) is 4.74 Å². The van der Waals surface area contributed by atoms with Gasteiger partial charge >= 0.3 is 0 Å². The number of Topliss-reactive ketones (excluding diaryl/α,β-unsaturated/α-hetero) is 1. The summed E-state index contributed by atoms with van der Waals surface area (Å²) in [4.78, 5) is 10.3. The van der Waals surface area contributed by atoms with Crippen LogP contribution in [0.5, 0.6) is 0 Å². The van der Waals surface area contributed by atoms with Crippen molar-refractivity contribution in [3.63, 3.8) is 0 Å². The third kappa shape index (κ3) is 7.28. The van der Waals surface area contributed by atoms with Gasteiger partial charge in [0.15, 0.2) is 11.7 Å². The van der Waals surface area contributed by atoms with Crippen LogP contribution in [0.2, 0.25) is 0 Å². The first-order valence-corrected chi connectivity index (χ1v) is 5.39. The molecule has 0 spiro atoms. The number of halogens is 3. The lowest BCUT2D eigenvalue weighted by molar-refractivity contribution is -0.120. The number of rotatable bonds is 7. The lowest BCUT2D eigenvalue weighted by Gasteiger charge is -2.09. The zero-order chi connectivity index (χ0) is 12.1. The molecule has 0 amide bonds. The number of hydrogen-bond donors (Lipinski definition) is 1. The van der Waals surface area contributed by atoms with E-state index in [1.165, 1.54) is 0 Å². The Morgan fingerprint density at radius 1 is 1.40 bits per heavy atom. The highest BCUT2D eigenvalue weighted by atomic mass is 32.2. The minimum absolute atomic E-state index is 0.434. The summed E-state index contributed by atoms with van der Waals surface area (Å²) in [7, 11) is -4.30. The van der Waals surface area contributed by atoms with Gasteiger partial charge in [-0.25, -0.2) is 21.6 Å². The minimum atomic E-state index is -4.30. The molecule has 0 bridgehead atoms. The van der Waals surface area contributed by atoms with E-state index < -0.39 is 41.1 Å². The van der Waals surface area contributed by atoms with Crippen molar-refractivity contribution >= 4 is 15.8 Å². The Labute approximate surface area is 84.6 Å². The Hall–Kier alpha value is -0.670. The topological polar surface area (TPSA) is 72.5 Å². The number of alkyl halides is 3. The lowest BCUT2D eigenvalue weighted by atomic mass is 10.5. The van der Waals surface area contributed by atoms with Crippen LogP contribution >= 0.6 is 0 Å². The highest BCUT2D eigenvalue weighted by Gasteiger charge is 2.25. The number of ketones is 1. The van der Waals surface area contributed by atoms with Crippen molar-refractivity contribution in [1.29, 1.82) is 0 Å². The molecule has 0 aromatic heterocycles. The van der Waals surface area contributed by atoms with Gasteiger partial charge in [0.25, 0.3) is 6.43 Å². The summed E-state index contributed by atoms with van der Waals surface area (Å²) in [5, 5.41) is 0. The van der Waals surface area contributed by atoms with E-state index in [0.717, 1.165) is 11.6 Å². The molecule has 0 saturated heterocycles. The van der Waals surface area contributed by atoms with Crippen LogP contribution in [0.3, 0.4) is 0 Å². The molecular formula is C6H10F3NO4S. The van der Waals surface area contributed by atoms with Crippen molar-refractivity contribution < 1.29 is 31.1 Å². The van der Waals surface area contributed by atoms with Crippen LogP contribution < -0.4 is 4.72 Å². The van der Waals surface area contributed by atoms with E-state index in [0.29, 0.717) is 0 Å². The molecule has 1 unspecified atom stereocenters. The van der Waals surface area contributed by atoms with Crippen molar-refractivity contribution in [2.24, 2.45) is 0 Å². The van der Waals surface area contributed by atoms with Crippen LogP contribution in [-0.4, -0.2) is 39.5 Å². The Kier molecular flexibility index (Phi) is 5.76. The van der Waals surface area contributed by atoms with Gasteiger partial charge in [0.1, 0.15) is 6.61 Å². The van der Waals surface area contributed by atoms with Crippen LogP contribution in [0.1, 0.15) is 6.92 Å². The number of nitrogens with one attached hydrogen (secondary N) is 1. The number of ether oxygens (including phenoxy) is 1. The molecule has 0 aromatic carbocycles. The quantitative estimate of drug-likeness (QED) is 0.646. The molecule has 0 aromatic rings. The molecule has 0 saturated carbocycles. The smallest absolute Gasteiger partial charge is 0.283 e. The first kappa shape index (κ1) is 14.3. The molecule has 15 heavy (non-hydrogen) atoms. The molecule has 1 N–H and O–H groups in total. The minimum Gasteiger partial charge on any atom is -0.356 e. The first-order chi connectivity index (χ1) is 6.74. The SMILES string of the molecule is CC(=O)COCS(=O)(=O)NC(F)C(F)F. The summed E-state index contributed by atoms with van der Waals surface area (Å²) in [6.07, 6.45) is -6.43. The zero-order valence-corrected chi connectivity index (χ0v) is 8.56. The monoisotopic (exact) mass is 249 g/mol. The second-order valence-electron chi connectivity index (χ2n) is 2.64. The molecule has 0 aliphatic rings. The van der Waals surface area contributed by atoms with Gasteiger partial charge in [0, 0.05) is 0 Å². The van der Waals surface area contributed by atoms with Crippen molar-refractivity contribution in [2.45, 2.75) is 19.6 Å². The van der Waals surface area contributed by atoms with E-state index in [1.54, 1.807) is 0 Å². The highest BCUT2D eigenvalue weighted by Crippen LogP contribution is 2.03. The number of carbonyl (C=O) groups excluding carboxylic acids is 1. The summed E-state index contributed by atoms with van der Waals surface area (Å²) in [6, 6.07) is 0. The van der Waals surface area contributed by atoms with Crippen LogP contribution in [0, 0.1) is 0 Å². The van der Waals surface area contributed by atoms with Crippen LogP contribution in [0.4, 0.5) is 13.2 Å². The van der Waals surface area contributed by atoms with Gasteiger partial charge in [-0.2, -0.15) is 4.72 Å². The number of sulfonamides is 1. The lowest BCUT2D eigenvalue weighted by Crippen LogP contribution is -2.38. The molecule has 0 heterocycles. The van der Waals surface area contributed by atoms with Gasteiger partial charge in [0.05, 0.1) is 0 Å². The van der Waals surface area contributed by atoms with Gasteiger partial charge in [-0.05, 0) is 6.92 Å². The summed E-state index contributed by atoms with van der Waals surface area (Å²) < 4.78 is 62.5. The normalized spacial score (nSPS) is 14.2. The van der Waals surface area contributed by atoms with E-state index in [9.17, 15) is 26.4 Å². The maximum Gasteiger partial charge on any atom is 0.283 e. The molecule has 0 rings (SSSR count). The third-order valence-electron chi connectivity index (χ3n) is 1.06. The van der Waals surface area contributed by atoms with Gasteiger partial charge in [-0.15, -0.1) is 0 Å². The average molecular weight is 249 g/mol. The molecular weight excluding hydrogens is 239 g/mol. The molecule has 0 fully saturated rings. The second kappa shape index (κ2) is 6.03. The van der Waals surface area contributed by atoms with Crippen LogP contribution in [0.25, 0.3) is 0 Å². The molecule has 0 radical (unpaired) electrons. The Balaban J connectivity index is 4.03. The van der Waals surface area contributed by atoms with Crippen molar-refractivity contribution in [1.82, 2.24) is 4.72 Å². The van der Waals surface area contributed by atoms with Gasteiger partial charge < -0.3 is 4.74 Å². The van der Waals surface area contributed by atoms with E-state index >= 15 is 0 Å². The second-order valence-corrected chi connectivity index (χ2v) is 4.34. The average Bonchev–Trinajstić information content (AvgIpc) is 2.01. The van der Waals surface area contributed by atoms with Crippen LogP contribution in [0.15, 0.2) is 0 Å². The maximum absolute atomic E-state index is 12.2. The Morgan fingerprint density at radius 3 is 2.33 bits per heavy atom. The fourth-order valence-corrected chi connectivity index (χ4v) is 1.37. The van der Waals surface area contributed by atoms with E-state index in [4.69, 9.17) is 0 Å². The van der Waals surface area contributed by atoms with Crippen molar-refractivity contribution in [3.8, 4) is 0 Å². The van der Waals surface area contributed by atoms with Gasteiger partial charge in [-0.1, -0.05) is 0 Å².